The first-order chi connectivity index (χ1) is 16.6. The van der Waals surface area contributed by atoms with Crippen molar-refractivity contribution in [3.8, 4) is 0 Å². The number of thioether (sulfide) groups is 1. The number of fused-ring (bicyclic) bond motifs is 1. The van der Waals surface area contributed by atoms with Crippen molar-refractivity contribution in [1.82, 2.24) is 15.1 Å². The summed E-state index contributed by atoms with van der Waals surface area (Å²) >= 11 is 6.92. The van der Waals surface area contributed by atoms with E-state index in [0.29, 0.717) is 39.5 Å². The number of carbonyl (C=O) groups excluding carboxylic acids is 1. The molecule has 0 saturated heterocycles. The average Bonchev–Trinajstić information content (AvgIpc) is 3.34. The fourth-order valence-electron chi connectivity index (χ4n) is 3.50. The molecule has 35 heavy (non-hydrogen) atoms. The highest BCUT2D eigenvalue weighted by Crippen LogP contribution is 2.34. The number of amides is 1. The zero-order valence-corrected chi connectivity index (χ0v) is 19.5. The van der Waals surface area contributed by atoms with Crippen molar-refractivity contribution in [3.05, 3.63) is 69.2 Å². The van der Waals surface area contributed by atoms with Crippen LogP contribution in [0.1, 0.15) is 29.5 Å². The normalized spacial score (nSPS) is 15.1. The molecular weight excluding hydrogens is 505 g/mol. The molecule has 1 aliphatic heterocycles. The molecule has 0 radical (unpaired) electrons. The van der Waals surface area contributed by atoms with Crippen molar-refractivity contribution in [2.45, 2.75) is 25.6 Å². The Kier molecular flexibility index (Phi) is 7.18. The molecule has 0 aliphatic carbocycles. The molecule has 1 aliphatic rings. The number of aromatic nitrogens is 2. The summed E-state index contributed by atoms with van der Waals surface area (Å²) in [5.74, 6) is -1.30. The van der Waals surface area contributed by atoms with Gasteiger partial charge in [0, 0.05) is 23.4 Å². The van der Waals surface area contributed by atoms with E-state index < -0.39 is 23.6 Å². The summed E-state index contributed by atoms with van der Waals surface area (Å²) in [4.78, 5) is 27.1. The first-order valence-corrected chi connectivity index (χ1v) is 11.6. The lowest BCUT2D eigenvalue weighted by Crippen LogP contribution is -2.20. The topological polar surface area (TPSA) is 96.6 Å². The molecule has 0 saturated carbocycles. The van der Waals surface area contributed by atoms with Gasteiger partial charge >= 0.3 is 12.1 Å². The second kappa shape index (κ2) is 10.1. The molecule has 1 aromatic heterocycles. The second-order valence-corrected chi connectivity index (χ2v) is 9.14. The Hall–Kier alpha value is -3.31. The van der Waals surface area contributed by atoms with E-state index in [0.717, 1.165) is 17.8 Å². The maximum Gasteiger partial charge on any atom is 0.416 e. The van der Waals surface area contributed by atoms with Gasteiger partial charge in [-0.1, -0.05) is 23.7 Å². The van der Waals surface area contributed by atoms with Crippen LogP contribution in [0.2, 0.25) is 5.02 Å². The zero-order chi connectivity index (χ0) is 25.2. The van der Waals surface area contributed by atoms with E-state index in [2.05, 4.69) is 15.4 Å². The van der Waals surface area contributed by atoms with Gasteiger partial charge in [0.1, 0.15) is 0 Å². The van der Waals surface area contributed by atoms with E-state index in [1.54, 1.807) is 30.5 Å². The second-order valence-electron chi connectivity index (χ2n) is 7.68. The van der Waals surface area contributed by atoms with Crippen LogP contribution < -0.4 is 5.32 Å². The lowest BCUT2D eigenvalue weighted by Gasteiger charge is -2.14. The quantitative estimate of drug-likeness (QED) is 0.328. The Morgan fingerprint density at radius 3 is 2.77 bits per heavy atom. The number of carboxylic acid groups (broad SMARTS) is 1. The number of carboxylic acids is 1. The summed E-state index contributed by atoms with van der Waals surface area (Å²) in [6, 6.07) is 8.91. The van der Waals surface area contributed by atoms with E-state index in [1.807, 2.05) is 0 Å². The summed E-state index contributed by atoms with van der Waals surface area (Å²) in [5.41, 5.74) is 0.584. The number of nitrogens with zero attached hydrogens (tertiary/aromatic N) is 3. The lowest BCUT2D eigenvalue weighted by molar-refractivity contribution is -0.138. The fraction of sp³-hybridized carbons (Fsp3) is 0.217. The molecule has 1 amide bonds. The SMILES string of the molecule is O=C(O)CCCNC1=NC(=O)/C(=C/c2ccc3c(cnn3Cc3ccc(Cl)cc3C(F)(F)F)c2)S1. The van der Waals surface area contributed by atoms with Crippen LogP contribution in [0.4, 0.5) is 13.2 Å². The van der Waals surface area contributed by atoms with Crippen molar-refractivity contribution in [2.75, 3.05) is 6.54 Å². The highest BCUT2D eigenvalue weighted by atomic mass is 35.5. The third-order valence-electron chi connectivity index (χ3n) is 5.13. The van der Waals surface area contributed by atoms with E-state index in [1.165, 1.54) is 16.8 Å². The molecule has 7 nitrogen and oxygen atoms in total. The molecule has 0 atom stereocenters. The number of hydrogen-bond donors (Lipinski definition) is 2. The van der Waals surface area contributed by atoms with E-state index in [-0.39, 0.29) is 23.6 Å². The molecule has 2 aromatic carbocycles. The summed E-state index contributed by atoms with van der Waals surface area (Å²) in [7, 11) is 0. The Balaban J connectivity index is 1.49. The zero-order valence-electron chi connectivity index (χ0n) is 18.0. The van der Waals surface area contributed by atoms with Crippen LogP contribution in [-0.4, -0.2) is 38.5 Å². The van der Waals surface area contributed by atoms with E-state index >= 15 is 0 Å². The van der Waals surface area contributed by atoms with Gasteiger partial charge in [-0.15, -0.1) is 0 Å². The van der Waals surface area contributed by atoms with Crippen molar-refractivity contribution in [3.63, 3.8) is 0 Å². The Bertz CT molecular complexity index is 1370. The summed E-state index contributed by atoms with van der Waals surface area (Å²) in [5, 5.41) is 17.0. The number of aliphatic imine (C=N–C) groups is 1. The molecule has 12 heteroatoms. The molecule has 2 N–H and O–H groups in total. The van der Waals surface area contributed by atoms with Crippen molar-refractivity contribution < 1.29 is 27.9 Å². The van der Waals surface area contributed by atoms with Gasteiger partial charge in [-0.05, 0) is 59.7 Å². The fourth-order valence-corrected chi connectivity index (χ4v) is 4.52. The predicted molar refractivity (Wildman–Crippen MR) is 128 cm³/mol. The van der Waals surface area contributed by atoms with Crippen LogP contribution in [0.5, 0.6) is 0 Å². The van der Waals surface area contributed by atoms with Gasteiger partial charge in [0.15, 0.2) is 5.17 Å². The number of halogens is 4. The minimum atomic E-state index is -4.54. The van der Waals surface area contributed by atoms with Crippen molar-refractivity contribution >= 4 is 57.4 Å². The number of nitrogens with one attached hydrogen (secondary N) is 1. The van der Waals surface area contributed by atoms with Crippen LogP contribution in [0.3, 0.4) is 0 Å². The van der Waals surface area contributed by atoms with Crippen molar-refractivity contribution in [2.24, 2.45) is 4.99 Å². The maximum atomic E-state index is 13.4. The molecule has 0 bridgehead atoms. The number of hydrogen-bond acceptors (Lipinski definition) is 5. The number of alkyl halides is 3. The molecule has 0 fully saturated rings. The standard InChI is InChI=1S/C23H18ClF3N4O3S/c24-16-5-4-14(17(10-16)23(25,26)27)12-31-18-6-3-13(8-15(18)11-29-31)9-19-21(34)30-22(35-19)28-7-1-2-20(32)33/h3-6,8-11H,1-2,7,12H2,(H,32,33)(H,28,30,34)/b19-9-. The van der Waals surface area contributed by atoms with E-state index in [9.17, 15) is 22.8 Å². The van der Waals surface area contributed by atoms with Crippen LogP contribution in [-0.2, 0) is 22.3 Å². The Morgan fingerprint density at radius 1 is 1.23 bits per heavy atom. The first kappa shape index (κ1) is 24.8. The third kappa shape index (κ3) is 6.04. The number of amidine groups is 1. The molecular formula is C23H18ClF3N4O3S. The largest absolute Gasteiger partial charge is 0.481 e. The summed E-state index contributed by atoms with van der Waals surface area (Å²) in [6.45, 7) is 0.294. The highest BCUT2D eigenvalue weighted by molar-refractivity contribution is 8.18. The summed E-state index contributed by atoms with van der Waals surface area (Å²) in [6.07, 6.45) is -0.898. The average molecular weight is 523 g/mol. The van der Waals surface area contributed by atoms with Gasteiger partial charge < -0.3 is 10.4 Å². The maximum absolute atomic E-state index is 13.4. The van der Waals surface area contributed by atoms with Gasteiger partial charge in [0.25, 0.3) is 5.91 Å². The Morgan fingerprint density at radius 2 is 2.03 bits per heavy atom. The molecule has 182 valence electrons. The molecule has 0 spiro atoms. The highest BCUT2D eigenvalue weighted by Gasteiger charge is 2.33. The molecule has 2 heterocycles. The van der Waals surface area contributed by atoms with Crippen LogP contribution in [0.15, 0.2) is 52.5 Å². The smallest absolute Gasteiger partial charge is 0.416 e. The molecule has 0 unspecified atom stereocenters. The Labute approximate surface area is 206 Å². The summed E-state index contributed by atoms with van der Waals surface area (Å²) < 4.78 is 41.8. The van der Waals surface area contributed by atoms with Gasteiger partial charge in [-0.2, -0.15) is 23.3 Å². The monoisotopic (exact) mass is 522 g/mol. The minimum absolute atomic E-state index is 0.00556. The number of benzene rings is 2. The predicted octanol–water partition coefficient (Wildman–Crippen LogP) is 5.18. The van der Waals surface area contributed by atoms with Crippen LogP contribution in [0, 0.1) is 0 Å². The number of aliphatic carboxylic acids is 1. The van der Waals surface area contributed by atoms with Gasteiger partial charge in [0.05, 0.1) is 28.7 Å². The molecule has 4 rings (SSSR count). The van der Waals surface area contributed by atoms with Gasteiger partial charge in [0.2, 0.25) is 0 Å². The number of rotatable bonds is 7. The third-order valence-corrected chi connectivity index (χ3v) is 6.30. The van der Waals surface area contributed by atoms with Crippen LogP contribution >= 0.6 is 23.4 Å². The molecule has 3 aromatic rings. The van der Waals surface area contributed by atoms with E-state index in [4.69, 9.17) is 16.7 Å². The van der Waals surface area contributed by atoms with Crippen LogP contribution in [0.25, 0.3) is 17.0 Å². The van der Waals surface area contributed by atoms with Crippen molar-refractivity contribution in [1.29, 1.82) is 0 Å². The van der Waals surface area contributed by atoms with Gasteiger partial charge in [-0.25, -0.2) is 0 Å². The van der Waals surface area contributed by atoms with Gasteiger partial charge in [-0.3, -0.25) is 14.3 Å². The minimum Gasteiger partial charge on any atom is -0.481 e. The first-order valence-electron chi connectivity index (χ1n) is 10.4. The lowest BCUT2D eigenvalue weighted by atomic mass is 10.1. The number of carbonyl (C=O) groups is 2.